The molecule has 0 aliphatic rings. The number of hydrogen-bond donors (Lipinski definition) is 1. The fourth-order valence-electron chi connectivity index (χ4n) is 2.13. The fourth-order valence-corrected chi connectivity index (χ4v) is 3.17. The van der Waals surface area contributed by atoms with Gasteiger partial charge in [0.05, 0.1) is 5.69 Å². The molecule has 0 radical (unpaired) electrons. The minimum Gasteiger partial charge on any atom is -0.312 e. The summed E-state index contributed by atoms with van der Waals surface area (Å²) in [4.78, 5) is 1.42. The van der Waals surface area contributed by atoms with Gasteiger partial charge in [0.25, 0.3) is 0 Å². The van der Waals surface area contributed by atoms with Crippen LogP contribution in [0, 0.1) is 13.8 Å². The first-order valence-corrected chi connectivity index (χ1v) is 6.70. The number of nitrogens with one attached hydrogen (secondary N) is 1. The van der Waals surface area contributed by atoms with Gasteiger partial charge in [0.1, 0.15) is 0 Å². The van der Waals surface area contributed by atoms with Gasteiger partial charge in [0.15, 0.2) is 0 Å². The van der Waals surface area contributed by atoms with E-state index >= 15 is 0 Å². The van der Waals surface area contributed by atoms with Crippen LogP contribution in [0.3, 0.4) is 0 Å². The van der Waals surface area contributed by atoms with Gasteiger partial charge in [-0.15, -0.1) is 11.3 Å². The number of thiophene rings is 1. The van der Waals surface area contributed by atoms with Crippen molar-refractivity contribution in [3.05, 3.63) is 39.3 Å². The molecule has 0 aromatic carbocycles. The van der Waals surface area contributed by atoms with Crippen LogP contribution in [0.1, 0.15) is 27.9 Å². The van der Waals surface area contributed by atoms with Crippen molar-refractivity contribution in [2.75, 3.05) is 7.05 Å². The highest BCUT2D eigenvalue weighted by Crippen LogP contribution is 2.26. The molecule has 3 nitrogen and oxygen atoms in total. The third-order valence-electron chi connectivity index (χ3n) is 3.08. The van der Waals surface area contributed by atoms with Gasteiger partial charge < -0.3 is 5.32 Å². The van der Waals surface area contributed by atoms with E-state index in [1.165, 1.54) is 16.1 Å². The number of likely N-dealkylation sites (N-methyl/N-ethyl adjacent to an activating group) is 1. The Hall–Kier alpha value is -1.13. The van der Waals surface area contributed by atoms with E-state index in [2.05, 4.69) is 34.9 Å². The Kier molecular flexibility index (Phi) is 3.64. The van der Waals surface area contributed by atoms with Crippen molar-refractivity contribution in [2.24, 2.45) is 7.05 Å². The van der Waals surface area contributed by atoms with Crippen LogP contribution in [-0.4, -0.2) is 16.8 Å². The van der Waals surface area contributed by atoms with E-state index in [9.17, 15) is 0 Å². The Morgan fingerprint density at radius 2 is 2.24 bits per heavy atom. The molecule has 92 valence electrons. The molecule has 0 saturated carbocycles. The summed E-state index contributed by atoms with van der Waals surface area (Å²) < 4.78 is 1.97. The minimum absolute atomic E-state index is 0.379. The summed E-state index contributed by atoms with van der Waals surface area (Å²) in [5.41, 5.74) is 3.73. The van der Waals surface area contributed by atoms with E-state index in [0.29, 0.717) is 6.04 Å². The topological polar surface area (TPSA) is 29.9 Å². The molecule has 2 aromatic heterocycles. The van der Waals surface area contributed by atoms with Gasteiger partial charge in [-0.1, -0.05) is 0 Å². The van der Waals surface area contributed by atoms with Gasteiger partial charge in [-0.3, -0.25) is 4.68 Å². The zero-order chi connectivity index (χ0) is 12.4. The molecule has 17 heavy (non-hydrogen) atoms. The SMILES string of the molecule is CNC(Cc1cc(C)nn1C)c1sccc1C. The predicted octanol–water partition coefficient (Wildman–Crippen LogP) is 2.60. The molecule has 0 amide bonds. The van der Waals surface area contributed by atoms with Crippen LogP contribution in [0.4, 0.5) is 0 Å². The smallest absolute Gasteiger partial charge is 0.0596 e. The minimum atomic E-state index is 0.379. The molecule has 1 atom stereocenters. The average Bonchev–Trinajstić information content (AvgIpc) is 2.82. The molecular weight excluding hydrogens is 230 g/mol. The molecule has 0 aliphatic heterocycles. The van der Waals surface area contributed by atoms with Crippen molar-refractivity contribution in [1.29, 1.82) is 0 Å². The molecule has 2 heterocycles. The Morgan fingerprint density at radius 1 is 1.47 bits per heavy atom. The van der Waals surface area contributed by atoms with Crippen molar-refractivity contribution in [2.45, 2.75) is 26.3 Å². The van der Waals surface area contributed by atoms with Crippen molar-refractivity contribution in [3.63, 3.8) is 0 Å². The number of rotatable bonds is 4. The summed E-state index contributed by atoms with van der Waals surface area (Å²) in [5, 5.41) is 9.95. The van der Waals surface area contributed by atoms with Gasteiger partial charge in [-0.2, -0.15) is 5.10 Å². The van der Waals surface area contributed by atoms with E-state index in [1.807, 2.05) is 37.0 Å². The molecule has 1 N–H and O–H groups in total. The summed E-state index contributed by atoms with van der Waals surface area (Å²) in [7, 11) is 4.03. The predicted molar refractivity (Wildman–Crippen MR) is 72.5 cm³/mol. The van der Waals surface area contributed by atoms with Crippen LogP contribution < -0.4 is 5.32 Å². The van der Waals surface area contributed by atoms with Gasteiger partial charge >= 0.3 is 0 Å². The van der Waals surface area contributed by atoms with Gasteiger partial charge in [-0.25, -0.2) is 0 Å². The third-order valence-corrected chi connectivity index (χ3v) is 4.21. The van der Waals surface area contributed by atoms with Crippen molar-refractivity contribution >= 4 is 11.3 Å². The summed E-state index contributed by atoms with van der Waals surface area (Å²) >= 11 is 1.82. The molecule has 0 bridgehead atoms. The molecule has 0 spiro atoms. The second-order valence-electron chi connectivity index (χ2n) is 4.41. The van der Waals surface area contributed by atoms with Crippen molar-refractivity contribution < 1.29 is 0 Å². The largest absolute Gasteiger partial charge is 0.312 e. The van der Waals surface area contributed by atoms with E-state index in [1.54, 1.807) is 0 Å². The quantitative estimate of drug-likeness (QED) is 0.902. The summed E-state index contributed by atoms with van der Waals surface area (Å²) in [6.45, 7) is 4.21. The molecule has 0 saturated heterocycles. The fraction of sp³-hybridized carbons (Fsp3) is 0.462. The lowest BCUT2D eigenvalue weighted by atomic mass is 10.1. The number of hydrogen-bond acceptors (Lipinski definition) is 3. The lowest BCUT2D eigenvalue weighted by Crippen LogP contribution is -2.19. The molecule has 0 fully saturated rings. The third kappa shape index (κ3) is 2.58. The molecule has 2 rings (SSSR count). The highest BCUT2D eigenvalue weighted by Gasteiger charge is 2.15. The first-order chi connectivity index (χ1) is 8.11. The second kappa shape index (κ2) is 5.02. The molecule has 1 unspecified atom stereocenters. The van der Waals surface area contributed by atoms with Crippen molar-refractivity contribution in [1.82, 2.24) is 15.1 Å². The monoisotopic (exact) mass is 249 g/mol. The van der Waals surface area contributed by atoms with Crippen LogP contribution in [0.25, 0.3) is 0 Å². The van der Waals surface area contributed by atoms with E-state index in [-0.39, 0.29) is 0 Å². The second-order valence-corrected chi connectivity index (χ2v) is 5.36. The van der Waals surface area contributed by atoms with Crippen molar-refractivity contribution in [3.8, 4) is 0 Å². The lowest BCUT2D eigenvalue weighted by Gasteiger charge is -2.15. The average molecular weight is 249 g/mol. The van der Waals surface area contributed by atoms with Crippen LogP contribution in [-0.2, 0) is 13.5 Å². The van der Waals surface area contributed by atoms with Gasteiger partial charge in [-0.05, 0) is 44.0 Å². The Labute approximate surface area is 106 Å². The van der Waals surface area contributed by atoms with E-state index in [0.717, 1.165) is 12.1 Å². The standard InChI is InChI=1S/C13H19N3S/c1-9-5-6-17-13(9)12(14-3)8-11-7-10(2)15-16(11)4/h5-7,12,14H,8H2,1-4H3. The maximum Gasteiger partial charge on any atom is 0.0596 e. The Bertz CT molecular complexity index is 498. The molecular formula is C13H19N3S. The van der Waals surface area contributed by atoms with Gasteiger partial charge in [0, 0.05) is 30.1 Å². The number of nitrogens with zero attached hydrogens (tertiary/aromatic N) is 2. The maximum absolute atomic E-state index is 4.39. The number of aryl methyl sites for hydroxylation is 3. The summed E-state index contributed by atoms with van der Waals surface area (Å²) in [5.74, 6) is 0. The van der Waals surface area contributed by atoms with Crippen LogP contribution in [0.15, 0.2) is 17.5 Å². The maximum atomic E-state index is 4.39. The normalized spacial score (nSPS) is 12.9. The van der Waals surface area contributed by atoms with Crippen LogP contribution in [0.2, 0.25) is 0 Å². The highest BCUT2D eigenvalue weighted by molar-refractivity contribution is 7.10. The number of aromatic nitrogens is 2. The first kappa shape index (κ1) is 12.3. The molecule has 0 aliphatic carbocycles. The van der Waals surface area contributed by atoms with Crippen LogP contribution >= 0.6 is 11.3 Å². The molecule has 2 aromatic rings. The zero-order valence-electron chi connectivity index (χ0n) is 10.8. The first-order valence-electron chi connectivity index (χ1n) is 5.82. The van der Waals surface area contributed by atoms with Gasteiger partial charge in [0.2, 0.25) is 0 Å². The highest BCUT2D eigenvalue weighted by atomic mass is 32.1. The van der Waals surface area contributed by atoms with E-state index < -0.39 is 0 Å². The summed E-state index contributed by atoms with van der Waals surface area (Å²) in [6, 6.07) is 4.72. The van der Waals surface area contributed by atoms with Crippen LogP contribution in [0.5, 0.6) is 0 Å². The summed E-state index contributed by atoms with van der Waals surface area (Å²) in [6.07, 6.45) is 0.981. The Morgan fingerprint density at radius 3 is 2.71 bits per heavy atom. The lowest BCUT2D eigenvalue weighted by molar-refractivity contribution is 0.567. The van der Waals surface area contributed by atoms with E-state index in [4.69, 9.17) is 0 Å². The molecule has 4 heteroatoms. The Balaban J connectivity index is 2.21. The zero-order valence-corrected chi connectivity index (χ0v) is 11.6.